The van der Waals surface area contributed by atoms with Crippen LogP contribution in [-0.2, 0) is 0 Å². The zero-order chi connectivity index (χ0) is 28.2. The van der Waals surface area contributed by atoms with Gasteiger partial charge in [0.05, 0.1) is 51.0 Å². The van der Waals surface area contributed by atoms with E-state index >= 15 is 0 Å². The molecule has 0 saturated carbocycles. The lowest BCUT2D eigenvalue weighted by atomic mass is 9.98. The number of aromatic nitrogens is 2. The number of hydrogen-bond acceptors (Lipinski definition) is 2. The van der Waals surface area contributed by atoms with Gasteiger partial charge in [0.25, 0.3) is 0 Å². The molecule has 0 unspecified atom stereocenters. The summed E-state index contributed by atoms with van der Waals surface area (Å²) in [6.07, 6.45) is 0. The molecule has 8 rings (SSSR count). The Hall–Kier alpha value is -6.10. The number of benzene rings is 6. The fourth-order valence-corrected chi connectivity index (χ4v) is 6.39. The van der Waals surface area contributed by atoms with Crippen LogP contribution in [0, 0.1) is 22.7 Å². The van der Waals surface area contributed by atoms with Crippen LogP contribution in [0.15, 0.2) is 133 Å². The quantitative estimate of drug-likeness (QED) is 0.227. The summed E-state index contributed by atoms with van der Waals surface area (Å²) in [5, 5.41) is 24.0. The van der Waals surface area contributed by atoms with E-state index in [1.54, 1.807) is 0 Å². The third-order valence-electron chi connectivity index (χ3n) is 8.20. The average molecular weight is 535 g/mol. The molecule has 0 aliphatic carbocycles. The van der Waals surface area contributed by atoms with Gasteiger partial charge >= 0.3 is 0 Å². The van der Waals surface area contributed by atoms with Gasteiger partial charge in [0.1, 0.15) is 0 Å². The van der Waals surface area contributed by atoms with Crippen LogP contribution in [0.5, 0.6) is 0 Å². The Labute approximate surface area is 242 Å². The summed E-state index contributed by atoms with van der Waals surface area (Å²) in [6.45, 7) is 0. The minimum atomic E-state index is 0.647. The van der Waals surface area contributed by atoms with Crippen LogP contribution < -0.4 is 0 Å². The van der Waals surface area contributed by atoms with Crippen molar-refractivity contribution >= 4 is 43.6 Å². The van der Waals surface area contributed by atoms with Crippen molar-refractivity contribution in [2.45, 2.75) is 0 Å². The van der Waals surface area contributed by atoms with Crippen molar-refractivity contribution in [3.05, 3.63) is 145 Å². The van der Waals surface area contributed by atoms with Crippen LogP contribution in [0.25, 0.3) is 66.1 Å². The zero-order valence-electron chi connectivity index (χ0n) is 22.5. The van der Waals surface area contributed by atoms with E-state index < -0.39 is 0 Å². The Morgan fingerprint density at radius 1 is 0.429 bits per heavy atom. The first kappa shape index (κ1) is 23.8. The molecule has 8 aromatic rings. The summed E-state index contributed by atoms with van der Waals surface area (Å²) in [5.74, 6) is 0. The third-order valence-corrected chi connectivity index (χ3v) is 8.20. The van der Waals surface area contributed by atoms with Gasteiger partial charge in [-0.2, -0.15) is 10.5 Å². The molecule has 4 nitrogen and oxygen atoms in total. The topological polar surface area (TPSA) is 57.4 Å². The van der Waals surface area contributed by atoms with Gasteiger partial charge in [-0.05, 0) is 54.6 Å². The van der Waals surface area contributed by atoms with Gasteiger partial charge in [0, 0.05) is 38.4 Å². The molecule has 194 valence electrons. The van der Waals surface area contributed by atoms with Crippen molar-refractivity contribution in [1.82, 2.24) is 9.13 Å². The molecule has 2 heterocycles. The molecule has 6 aromatic carbocycles. The molecular weight excluding hydrogens is 512 g/mol. The largest absolute Gasteiger partial charge is 0.309 e. The highest BCUT2D eigenvalue weighted by Crippen LogP contribution is 2.39. The van der Waals surface area contributed by atoms with Gasteiger partial charge in [-0.1, -0.05) is 78.9 Å². The van der Waals surface area contributed by atoms with Crippen LogP contribution in [0.2, 0.25) is 0 Å². The van der Waals surface area contributed by atoms with E-state index in [0.29, 0.717) is 11.1 Å². The summed E-state index contributed by atoms with van der Waals surface area (Å²) in [7, 11) is 0. The highest BCUT2D eigenvalue weighted by atomic mass is 15.0. The van der Waals surface area contributed by atoms with E-state index in [-0.39, 0.29) is 0 Å². The lowest BCUT2D eigenvalue weighted by molar-refractivity contribution is 1.15. The highest BCUT2D eigenvalue weighted by molar-refractivity contribution is 6.12. The van der Waals surface area contributed by atoms with Gasteiger partial charge in [-0.25, -0.2) is 0 Å². The van der Waals surface area contributed by atoms with E-state index in [1.165, 1.54) is 5.39 Å². The summed E-state index contributed by atoms with van der Waals surface area (Å²) < 4.78 is 4.60. The number of nitriles is 2. The molecule has 0 amide bonds. The van der Waals surface area contributed by atoms with Crippen LogP contribution in [0.4, 0.5) is 0 Å². The van der Waals surface area contributed by atoms with Crippen LogP contribution >= 0.6 is 0 Å². The molecule has 0 saturated heterocycles. The number of para-hydroxylation sites is 3. The Morgan fingerprint density at radius 2 is 1.05 bits per heavy atom. The SMILES string of the molecule is N#Cc1ccc2c(c1)c1ccccc1n2-c1ccc2c3ccccc3n(-c3ccccc3-c3ccccc3C#N)c2c1. The minimum absolute atomic E-state index is 0.647. The summed E-state index contributed by atoms with van der Waals surface area (Å²) in [5.41, 5.74) is 9.60. The van der Waals surface area contributed by atoms with Crippen LogP contribution in [0.1, 0.15) is 11.1 Å². The Morgan fingerprint density at radius 3 is 1.83 bits per heavy atom. The standard InChI is InChI=1S/C38H22N4/c39-23-25-17-20-37-33(21-25)31-13-5-6-14-34(31)41(37)27-18-19-32-30-12-4-8-16-36(30)42(38(32)22-27)35-15-7-3-11-29(35)28-10-2-1-9-26(28)24-40/h1-22H. The summed E-state index contributed by atoms with van der Waals surface area (Å²) >= 11 is 0. The molecule has 0 N–H and O–H groups in total. The van der Waals surface area contributed by atoms with Crippen molar-refractivity contribution in [2.24, 2.45) is 0 Å². The number of nitrogens with zero attached hydrogens (tertiary/aromatic N) is 4. The van der Waals surface area contributed by atoms with Gasteiger partial charge < -0.3 is 9.13 Å². The molecule has 4 heteroatoms. The van der Waals surface area contributed by atoms with E-state index in [9.17, 15) is 10.5 Å². The van der Waals surface area contributed by atoms with E-state index in [0.717, 1.165) is 60.7 Å². The number of rotatable bonds is 3. The van der Waals surface area contributed by atoms with E-state index in [2.05, 4.69) is 100 Å². The molecule has 0 radical (unpaired) electrons. The molecule has 0 aliphatic rings. The molecular formula is C38H22N4. The number of fused-ring (bicyclic) bond motifs is 6. The molecule has 0 fully saturated rings. The fraction of sp³-hybridized carbons (Fsp3) is 0. The lowest BCUT2D eigenvalue weighted by Gasteiger charge is -2.15. The van der Waals surface area contributed by atoms with Crippen molar-refractivity contribution in [2.75, 3.05) is 0 Å². The van der Waals surface area contributed by atoms with Gasteiger partial charge in [-0.3, -0.25) is 0 Å². The van der Waals surface area contributed by atoms with E-state index in [1.807, 2.05) is 54.6 Å². The number of hydrogen-bond donors (Lipinski definition) is 0. The second-order valence-electron chi connectivity index (χ2n) is 10.4. The van der Waals surface area contributed by atoms with Crippen molar-refractivity contribution in [1.29, 1.82) is 10.5 Å². The second-order valence-corrected chi connectivity index (χ2v) is 10.4. The molecule has 0 atom stereocenters. The second kappa shape index (κ2) is 9.24. The zero-order valence-corrected chi connectivity index (χ0v) is 22.5. The van der Waals surface area contributed by atoms with Gasteiger partial charge in [0.15, 0.2) is 0 Å². The lowest BCUT2D eigenvalue weighted by Crippen LogP contribution is -1.99. The molecule has 0 aliphatic heterocycles. The minimum Gasteiger partial charge on any atom is -0.309 e. The maximum Gasteiger partial charge on any atom is 0.0998 e. The van der Waals surface area contributed by atoms with Crippen molar-refractivity contribution in [3.63, 3.8) is 0 Å². The normalized spacial score (nSPS) is 11.3. The van der Waals surface area contributed by atoms with Crippen LogP contribution in [0.3, 0.4) is 0 Å². The van der Waals surface area contributed by atoms with Gasteiger partial charge in [-0.15, -0.1) is 0 Å². The van der Waals surface area contributed by atoms with Crippen molar-refractivity contribution in [3.8, 4) is 34.6 Å². The molecule has 42 heavy (non-hydrogen) atoms. The first-order valence-electron chi connectivity index (χ1n) is 13.8. The average Bonchev–Trinajstić information content (AvgIpc) is 3.56. The van der Waals surface area contributed by atoms with Crippen molar-refractivity contribution < 1.29 is 0 Å². The Kier molecular flexibility index (Phi) is 5.22. The summed E-state index contributed by atoms with van der Waals surface area (Å²) in [4.78, 5) is 0. The first-order chi connectivity index (χ1) is 20.8. The maximum atomic E-state index is 9.92. The van der Waals surface area contributed by atoms with Crippen LogP contribution in [-0.4, -0.2) is 9.13 Å². The molecule has 0 bridgehead atoms. The smallest absolute Gasteiger partial charge is 0.0998 e. The monoisotopic (exact) mass is 534 g/mol. The third kappa shape index (κ3) is 3.40. The predicted octanol–water partition coefficient (Wildman–Crippen LogP) is 9.29. The first-order valence-corrected chi connectivity index (χ1v) is 13.8. The summed E-state index contributed by atoms with van der Waals surface area (Å²) in [6, 6.07) is 50.1. The highest BCUT2D eigenvalue weighted by Gasteiger charge is 2.19. The Bertz CT molecular complexity index is 2440. The van der Waals surface area contributed by atoms with Gasteiger partial charge in [0.2, 0.25) is 0 Å². The molecule has 0 spiro atoms. The van der Waals surface area contributed by atoms with E-state index in [4.69, 9.17) is 0 Å². The predicted molar refractivity (Wildman–Crippen MR) is 170 cm³/mol. The maximum absolute atomic E-state index is 9.92. The fourth-order valence-electron chi connectivity index (χ4n) is 6.39. The molecule has 2 aromatic heterocycles. The Balaban J connectivity index is 1.47.